The zero-order chi connectivity index (χ0) is 12.2. The Morgan fingerprint density at radius 2 is 2.00 bits per heavy atom. The SMILES string of the molecule is CCc1cc(CC)n(CCC(C)(C)OC)n1. The van der Waals surface area contributed by atoms with E-state index in [0.29, 0.717) is 0 Å². The number of methoxy groups -OCH3 is 1. The van der Waals surface area contributed by atoms with Gasteiger partial charge in [0.05, 0.1) is 11.3 Å². The number of aryl methyl sites for hydroxylation is 3. The van der Waals surface area contributed by atoms with Gasteiger partial charge in [-0.3, -0.25) is 4.68 Å². The molecule has 0 N–H and O–H groups in total. The van der Waals surface area contributed by atoms with Crippen LogP contribution in [0.5, 0.6) is 0 Å². The van der Waals surface area contributed by atoms with Crippen molar-refractivity contribution in [3.63, 3.8) is 0 Å². The summed E-state index contributed by atoms with van der Waals surface area (Å²) >= 11 is 0. The Labute approximate surface area is 98.8 Å². The van der Waals surface area contributed by atoms with E-state index in [1.54, 1.807) is 7.11 Å². The van der Waals surface area contributed by atoms with Crippen molar-refractivity contribution >= 4 is 0 Å². The first-order valence-electron chi connectivity index (χ1n) is 6.13. The van der Waals surface area contributed by atoms with Crippen LogP contribution in [0.15, 0.2) is 6.07 Å². The molecule has 1 heterocycles. The maximum atomic E-state index is 5.42. The first-order valence-corrected chi connectivity index (χ1v) is 6.13. The molecule has 92 valence electrons. The van der Waals surface area contributed by atoms with Crippen molar-refractivity contribution in [2.45, 2.75) is 59.1 Å². The van der Waals surface area contributed by atoms with Gasteiger partial charge in [0.1, 0.15) is 0 Å². The van der Waals surface area contributed by atoms with Crippen LogP contribution in [-0.2, 0) is 24.1 Å². The Kier molecular flexibility index (Phi) is 4.54. The Morgan fingerprint density at radius 3 is 2.50 bits per heavy atom. The van der Waals surface area contributed by atoms with E-state index >= 15 is 0 Å². The lowest BCUT2D eigenvalue weighted by molar-refractivity contribution is 0.0111. The second-order valence-electron chi connectivity index (χ2n) is 4.77. The maximum Gasteiger partial charge on any atom is 0.0640 e. The summed E-state index contributed by atoms with van der Waals surface area (Å²) in [4.78, 5) is 0. The second kappa shape index (κ2) is 5.48. The second-order valence-corrected chi connectivity index (χ2v) is 4.77. The molecule has 0 saturated carbocycles. The number of hydrogen-bond donors (Lipinski definition) is 0. The Morgan fingerprint density at radius 1 is 1.31 bits per heavy atom. The van der Waals surface area contributed by atoms with Crippen molar-refractivity contribution in [3.05, 3.63) is 17.5 Å². The summed E-state index contributed by atoms with van der Waals surface area (Å²) in [5.74, 6) is 0. The van der Waals surface area contributed by atoms with Gasteiger partial charge in [-0.2, -0.15) is 5.10 Å². The van der Waals surface area contributed by atoms with Crippen LogP contribution in [0.1, 0.15) is 45.5 Å². The average Bonchev–Trinajstić information content (AvgIpc) is 2.69. The summed E-state index contributed by atoms with van der Waals surface area (Å²) in [6.07, 6.45) is 3.04. The molecule has 16 heavy (non-hydrogen) atoms. The van der Waals surface area contributed by atoms with E-state index in [2.05, 4.69) is 43.5 Å². The van der Waals surface area contributed by atoms with E-state index in [1.807, 2.05) is 0 Å². The van der Waals surface area contributed by atoms with Crippen LogP contribution < -0.4 is 0 Å². The minimum Gasteiger partial charge on any atom is -0.379 e. The van der Waals surface area contributed by atoms with Crippen molar-refractivity contribution in [2.75, 3.05) is 7.11 Å². The molecule has 0 aliphatic rings. The molecule has 0 unspecified atom stereocenters. The lowest BCUT2D eigenvalue weighted by atomic mass is 10.1. The summed E-state index contributed by atoms with van der Waals surface area (Å²) in [5.41, 5.74) is 2.44. The van der Waals surface area contributed by atoms with Crippen LogP contribution in [0, 0.1) is 0 Å². The summed E-state index contributed by atoms with van der Waals surface area (Å²) in [5, 5.41) is 4.60. The summed E-state index contributed by atoms with van der Waals surface area (Å²) in [6, 6.07) is 2.21. The van der Waals surface area contributed by atoms with Gasteiger partial charge in [0.15, 0.2) is 0 Å². The number of aromatic nitrogens is 2. The van der Waals surface area contributed by atoms with Crippen LogP contribution >= 0.6 is 0 Å². The van der Waals surface area contributed by atoms with Gasteiger partial charge >= 0.3 is 0 Å². The first-order chi connectivity index (χ1) is 7.52. The molecule has 0 spiro atoms. The van der Waals surface area contributed by atoms with E-state index in [0.717, 1.165) is 25.8 Å². The zero-order valence-electron chi connectivity index (χ0n) is 11.2. The molecular formula is C13H24N2O. The van der Waals surface area contributed by atoms with E-state index in [9.17, 15) is 0 Å². The number of hydrogen-bond acceptors (Lipinski definition) is 2. The van der Waals surface area contributed by atoms with Crippen molar-refractivity contribution in [1.82, 2.24) is 9.78 Å². The molecule has 0 aliphatic carbocycles. The molecule has 0 fully saturated rings. The van der Waals surface area contributed by atoms with Gasteiger partial charge in [-0.15, -0.1) is 0 Å². The Bertz CT molecular complexity index is 329. The zero-order valence-corrected chi connectivity index (χ0v) is 11.2. The van der Waals surface area contributed by atoms with Gasteiger partial charge in [0.2, 0.25) is 0 Å². The highest BCUT2D eigenvalue weighted by Gasteiger charge is 2.17. The third-order valence-electron chi connectivity index (χ3n) is 3.12. The summed E-state index contributed by atoms with van der Waals surface area (Å²) < 4.78 is 7.55. The highest BCUT2D eigenvalue weighted by Crippen LogP contribution is 2.15. The number of ether oxygens (including phenoxy) is 1. The van der Waals surface area contributed by atoms with Gasteiger partial charge < -0.3 is 4.74 Å². The van der Waals surface area contributed by atoms with Crippen LogP contribution in [0.2, 0.25) is 0 Å². The van der Waals surface area contributed by atoms with E-state index in [1.165, 1.54) is 11.4 Å². The molecule has 3 heteroatoms. The minimum absolute atomic E-state index is 0.0661. The lowest BCUT2D eigenvalue weighted by Crippen LogP contribution is -2.25. The number of nitrogens with zero attached hydrogens (tertiary/aromatic N) is 2. The van der Waals surface area contributed by atoms with Gasteiger partial charge in [-0.25, -0.2) is 0 Å². The molecular weight excluding hydrogens is 200 g/mol. The summed E-state index contributed by atoms with van der Waals surface area (Å²) in [7, 11) is 1.77. The molecule has 0 atom stereocenters. The molecule has 3 nitrogen and oxygen atoms in total. The van der Waals surface area contributed by atoms with Crippen molar-refractivity contribution in [3.8, 4) is 0 Å². The third-order valence-corrected chi connectivity index (χ3v) is 3.12. The Balaban J connectivity index is 2.69. The molecule has 1 rings (SSSR count). The molecule has 0 bridgehead atoms. The van der Waals surface area contributed by atoms with E-state index in [4.69, 9.17) is 4.74 Å². The normalized spacial score (nSPS) is 12.1. The fraction of sp³-hybridized carbons (Fsp3) is 0.769. The van der Waals surface area contributed by atoms with E-state index in [-0.39, 0.29) is 5.60 Å². The van der Waals surface area contributed by atoms with Gasteiger partial charge in [0, 0.05) is 19.3 Å². The standard InChI is InChI=1S/C13H24N2O/c1-6-11-10-12(7-2)15(14-11)9-8-13(3,4)16-5/h10H,6-9H2,1-5H3. The molecule has 0 aliphatic heterocycles. The highest BCUT2D eigenvalue weighted by molar-refractivity contribution is 5.10. The predicted octanol–water partition coefficient (Wildman–Crippen LogP) is 2.82. The molecule has 0 radical (unpaired) electrons. The molecule has 0 saturated heterocycles. The fourth-order valence-corrected chi connectivity index (χ4v) is 1.64. The Hall–Kier alpha value is -0.830. The maximum absolute atomic E-state index is 5.42. The topological polar surface area (TPSA) is 27.1 Å². The van der Waals surface area contributed by atoms with Crippen LogP contribution in [0.4, 0.5) is 0 Å². The largest absolute Gasteiger partial charge is 0.379 e. The van der Waals surface area contributed by atoms with Crippen molar-refractivity contribution in [1.29, 1.82) is 0 Å². The molecule has 1 aromatic heterocycles. The lowest BCUT2D eigenvalue weighted by Gasteiger charge is -2.23. The summed E-state index contributed by atoms with van der Waals surface area (Å²) in [6.45, 7) is 9.48. The van der Waals surface area contributed by atoms with Crippen LogP contribution in [0.3, 0.4) is 0 Å². The molecule has 0 amide bonds. The minimum atomic E-state index is -0.0661. The third kappa shape index (κ3) is 3.34. The van der Waals surface area contributed by atoms with Crippen molar-refractivity contribution < 1.29 is 4.74 Å². The molecule has 0 aromatic carbocycles. The average molecular weight is 224 g/mol. The van der Waals surface area contributed by atoms with Gasteiger partial charge in [-0.05, 0) is 39.2 Å². The number of rotatable bonds is 6. The predicted molar refractivity (Wildman–Crippen MR) is 66.7 cm³/mol. The fourth-order valence-electron chi connectivity index (χ4n) is 1.64. The van der Waals surface area contributed by atoms with Crippen LogP contribution in [-0.4, -0.2) is 22.5 Å². The van der Waals surface area contributed by atoms with Gasteiger partial charge in [0.25, 0.3) is 0 Å². The van der Waals surface area contributed by atoms with Crippen LogP contribution in [0.25, 0.3) is 0 Å². The first kappa shape index (κ1) is 13.2. The van der Waals surface area contributed by atoms with Crippen molar-refractivity contribution in [2.24, 2.45) is 0 Å². The smallest absolute Gasteiger partial charge is 0.0640 e. The highest BCUT2D eigenvalue weighted by atomic mass is 16.5. The van der Waals surface area contributed by atoms with Gasteiger partial charge in [-0.1, -0.05) is 13.8 Å². The molecule has 1 aromatic rings. The van der Waals surface area contributed by atoms with E-state index < -0.39 is 0 Å². The monoisotopic (exact) mass is 224 g/mol. The quantitative estimate of drug-likeness (QED) is 0.743.